The number of furan rings is 1. The minimum atomic E-state index is 0.0239. The molecule has 5 heterocycles. The van der Waals surface area contributed by atoms with Crippen molar-refractivity contribution in [1.29, 1.82) is 0 Å². The van der Waals surface area contributed by atoms with Gasteiger partial charge in [-0.05, 0) is 61.2 Å². The molecule has 0 radical (unpaired) electrons. The van der Waals surface area contributed by atoms with Gasteiger partial charge in [-0.2, -0.15) is 4.57 Å². The van der Waals surface area contributed by atoms with Crippen molar-refractivity contribution < 1.29 is 8.98 Å². The van der Waals surface area contributed by atoms with Crippen LogP contribution >= 0.6 is 0 Å². The van der Waals surface area contributed by atoms with Gasteiger partial charge in [-0.3, -0.25) is 0 Å². The molecular weight excluding hydrogens is 442 g/mol. The summed E-state index contributed by atoms with van der Waals surface area (Å²) in [7, 11) is 0. The summed E-state index contributed by atoms with van der Waals surface area (Å²) in [6, 6.07) is 23.7. The van der Waals surface area contributed by atoms with E-state index in [0.29, 0.717) is 5.71 Å². The third-order valence-electron chi connectivity index (χ3n) is 7.72. The highest BCUT2D eigenvalue weighted by molar-refractivity contribution is 6.19. The summed E-state index contributed by atoms with van der Waals surface area (Å²) in [5.41, 5.74) is 10.1. The van der Waals surface area contributed by atoms with Crippen LogP contribution in [0.15, 0.2) is 107 Å². The van der Waals surface area contributed by atoms with Gasteiger partial charge in [0.25, 0.3) is 0 Å². The van der Waals surface area contributed by atoms with Crippen molar-refractivity contribution >= 4 is 27.8 Å². The molecule has 3 aromatic heterocycles. The average molecular weight is 469 g/mol. The molecule has 36 heavy (non-hydrogen) atoms. The number of pyridine rings is 2. The fourth-order valence-electron chi connectivity index (χ4n) is 6.13. The van der Waals surface area contributed by atoms with Gasteiger partial charge in [-0.15, -0.1) is 0 Å². The molecule has 2 unspecified atom stereocenters. The predicted molar refractivity (Wildman–Crippen MR) is 144 cm³/mol. The Labute approximate surface area is 210 Å². The quantitative estimate of drug-likeness (QED) is 0.248. The Morgan fingerprint density at radius 3 is 2.72 bits per heavy atom. The minimum Gasteiger partial charge on any atom is -0.437 e. The first kappa shape index (κ1) is 21.0. The number of fused-ring (bicyclic) bond motifs is 11. The Balaban J connectivity index is 1.48. The van der Waals surface area contributed by atoms with Gasteiger partial charge in [0.05, 0.1) is 11.6 Å². The molecule has 0 saturated carbocycles. The van der Waals surface area contributed by atoms with Crippen LogP contribution in [0.1, 0.15) is 40.8 Å². The van der Waals surface area contributed by atoms with Crippen LogP contribution in [0.25, 0.3) is 33.3 Å². The predicted octanol–water partition coefficient (Wildman–Crippen LogP) is 7.02. The van der Waals surface area contributed by atoms with E-state index >= 15 is 0 Å². The van der Waals surface area contributed by atoms with Crippen molar-refractivity contribution in [3.8, 4) is 11.3 Å². The second-order valence-corrected chi connectivity index (χ2v) is 9.75. The molecule has 2 aliphatic rings. The van der Waals surface area contributed by atoms with E-state index in [1.165, 1.54) is 22.4 Å². The molecule has 174 valence electrons. The van der Waals surface area contributed by atoms with E-state index in [0.717, 1.165) is 51.9 Å². The topological polar surface area (TPSA) is 42.3 Å². The van der Waals surface area contributed by atoms with Crippen LogP contribution in [-0.4, -0.2) is 10.7 Å². The van der Waals surface area contributed by atoms with E-state index in [-0.39, 0.29) is 12.0 Å². The molecule has 4 nitrogen and oxygen atoms in total. The molecule has 7 rings (SSSR count). The van der Waals surface area contributed by atoms with Crippen LogP contribution in [0.3, 0.4) is 0 Å². The summed E-state index contributed by atoms with van der Waals surface area (Å²) in [5.74, 6) is 0.255. The molecular formula is C32H26N3O+. The molecule has 0 fully saturated rings. The van der Waals surface area contributed by atoms with Crippen molar-refractivity contribution in [2.75, 3.05) is 0 Å². The van der Waals surface area contributed by atoms with Gasteiger partial charge in [-0.1, -0.05) is 43.5 Å². The van der Waals surface area contributed by atoms with Gasteiger partial charge < -0.3 is 4.42 Å². The van der Waals surface area contributed by atoms with Gasteiger partial charge in [0.2, 0.25) is 17.4 Å². The van der Waals surface area contributed by atoms with Gasteiger partial charge in [0.15, 0.2) is 6.20 Å². The zero-order valence-electron chi connectivity index (χ0n) is 20.2. The van der Waals surface area contributed by atoms with Crippen LogP contribution in [0, 0.1) is 6.92 Å². The van der Waals surface area contributed by atoms with Crippen LogP contribution in [-0.2, 0) is 6.42 Å². The number of aryl methyl sites for hydroxylation is 2. The van der Waals surface area contributed by atoms with Gasteiger partial charge in [0, 0.05) is 39.7 Å². The van der Waals surface area contributed by atoms with Crippen molar-refractivity contribution in [1.82, 2.24) is 4.98 Å². The van der Waals surface area contributed by atoms with Gasteiger partial charge >= 0.3 is 0 Å². The molecule has 0 aliphatic carbocycles. The van der Waals surface area contributed by atoms with E-state index in [1.54, 1.807) is 0 Å². The average Bonchev–Trinajstić information content (AvgIpc) is 3.29. The molecule has 0 spiro atoms. The first-order chi connectivity index (χ1) is 17.6. The molecule has 2 aliphatic heterocycles. The Kier molecular flexibility index (Phi) is 4.58. The molecule has 0 bridgehead atoms. The number of hydrogen-bond donors (Lipinski definition) is 0. The molecule has 2 aromatic carbocycles. The monoisotopic (exact) mass is 468 g/mol. The third-order valence-corrected chi connectivity index (χ3v) is 7.72. The number of benzene rings is 2. The lowest BCUT2D eigenvalue weighted by Gasteiger charge is -2.30. The largest absolute Gasteiger partial charge is 0.437 e. The number of hydrogen-bond acceptors (Lipinski definition) is 3. The third kappa shape index (κ3) is 2.97. The van der Waals surface area contributed by atoms with E-state index in [1.807, 2.05) is 19.1 Å². The lowest BCUT2D eigenvalue weighted by atomic mass is 9.78. The molecule has 0 saturated heterocycles. The summed E-state index contributed by atoms with van der Waals surface area (Å²) >= 11 is 0. The smallest absolute Gasteiger partial charge is 0.227 e. The number of rotatable bonds is 1. The minimum absolute atomic E-state index is 0.0239. The van der Waals surface area contributed by atoms with Crippen LogP contribution in [0.2, 0.25) is 0 Å². The summed E-state index contributed by atoms with van der Waals surface area (Å²) in [4.78, 5) is 9.80. The van der Waals surface area contributed by atoms with Gasteiger partial charge in [0.1, 0.15) is 11.3 Å². The molecule has 4 heteroatoms. The Morgan fingerprint density at radius 1 is 1.00 bits per heavy atom. The van der Waals surface area contributed by atoms with Crippen molar-refractivity contribution in [3.63, 3.8) is 0 Å². The molecule has 0 N–H and O–H groups in total. The summed E-state index contributed by atoms with van der Waals surface area (Å²) in [6.45, 7) is 10.6. The van der Waals surface area contributed by atoms with E-state index < -0.39 is 0 Å². The maximum atomic E-state index is 6.39. The van der Waals surface area contributed by atoms with E-state index in [4.69, 9.17) is 9.41 Å². The van der Waals surface area contributed by atoms with Gasteiger partial charge in [-0.25, -0.2) is 9.98 Å². The summed E-state index contributed by atoms with van der Waals surface area (Å²) < 4.78 is 8.74. The number of allylic oxidation sites excluding steroid dienone is 2. The van der Waals surface area contributed by atoms with Crippen LogP contribution in [0.5, 0.6) is 0 Å². The Hall–Kier alpha value is -4.31. The van der Waals surface area contributed by atoms with E-state index in [2.05, 4.69) is 89.6 Å². The zero-order chi connectivity index (χ0) is 24.4. The highest BCUT2D eigenvalue weighted by Gasteiger charge is 2.42. The van der Waals surface area contributed by atoms with Crippen LogP contribution in [0.4, 0.5) is 0 Å². The first-order valence-corrected chi connectivity index (χ1v) is 12.5. The normalized spacial score (nSPS) is 20.2. The SMILES string of the molecule is C=C/C1=N/C(=C)C2C(CCc3ccc4c(oc5nc(C)ccc54)c31)c1ccccc1-c1cccc[n+]12. The maximum absolute atomic E-state index is 6.39. The lowest BCUT2D eigenvalue weighted by molar-refractivity contribution is -0.709. The Morgan fingerprint density at radius 2 is 1.83 bits per heavy atom. The zero-order valence-corrected chi connectivity index (χ0v) is 20.2. The molecule has 5 aromatic rings. The second-order valence-electron chi connectivity index (χ2n) is 9.75. The standard InChI is InChI=1S/C32H26N3O/c1-4-27-29-21(14-17-25-26-15-12-19(2)33-32(26)36-31(25)29)13-16-24-22-9-5-6-10-23(22)28-11-7-8-18-35(28)30(24)20(3)34-27/h4-12,14-15,17-18,24,30H,1,3,13,16H2,2H3/q+1/b34-27-. The molecule has 2 atom stereocenters. The number of aliphatic imine (C=N–C) groups is 1. The first-order valence-electron chi connectivity index (χ1n) is 12.5. The lowest BCUT2D eigenvalue weighted by Crippen LogP contribution is -2.48. The van der Waals surface area contributed by atoms with Crippen molar-refractivity contribution in [3.05, 3.63) is 120 Å². The number of aromatic nitrogens is 2. The fraction of sp³-hybridized carbons (Fsp3) is 0.156. The van der Waals surface area contributed by atoms with Crippen molar-refractivity contribution in [2.24, 2.45) is 4.99 Å². The van der Waals surface area contributed by atoms with Crippen molar-refractivity contribution in [2.45, 2.75) is 31.7 Å². The number of nitrogens with zero attached hydrogens (tertiary/aromatic N) is 3. The molecule has 0 amide bonds. The Bertz CT molecular complexity index is 1760. The second kappa shape index (κ2) is 7.85. The van der Waals surface area contributed by atoms with Crippen LogP contribution < -0.4 is 4.57 Å². The maximum Gasteiger partial charge on any atom is 0.227 e. The summed E-state index contributed by atoms with van der Waals surface area (Å²) in [5, 5.41) is 2.07. The summed E-state index contributed by atoms with van der Waals surface area (Å²) in [6.07, 6.45) is 5.86. The highest BCUT2D eigenvalue weighted by Crippen LogP contribution is 2.45. The fourth-order valence-corrected chi connectivity index (χ4v) is 6.13. The van der Waals surface area contributed by atoms with E-state index in [9.17, 15) is 0 Å². The highest BCUT2D eigenvalue weighted by atomic mass is 16.3.